The molecule has 1 fully saturated rings. The summed E-state index contributed by atoms with van der Waals surface area (Å²) >= 11 is 0. The number of carbonyl (C=O) groups excluding carboxylic acids is 6. The summed E-state index contributed by atoms with van der Waals surface area (Å²) in [6.07, 6.45) is 6.88. The number of esters is 6. The van der Waals surface area contributed by atoms with E-state index in [0.29, 0.717) is 25.0 Å². The van der Waals surface area contributed by atoms with Crippen LogP contribution in [0.5, 0.6) is 0 Å². The fourth-order valence-corrected chi connectivity index (χ4v) is 4.36. The molecule has 0 aliphatic heterocycles. The summed E-state index contributed by atoms with van der Waals surface area (Å²) in [6.45, 7) is 10.4. The summed E-state index contributed by atoms with van der Waals surface area (Å²) in [4.78, 5) is 64.7. The molecule has 0 N–H and O–H groups in total. The average molecular weight is 1020 g/mol. The van der Waals surface area contributed by atoms with Gasteiger partial charge in [-0.05, 0) is 51.4 Å². The predicted octanol–water partition coefficient (Wildman–Crippen LogP) is 9.00. The highest BCUT2D eigenvalue weighted by atomic mass is 19.4. The molecule has 0 amide bonds. The minimum Gasteiger partial charge on any atom is -0.462 e. The summed E-state index contributed by atoms with van der Waals surface area (Å²) in [7, 11) is 0. The van der Waals surface area contributed by atoms with Gasteiger partial charge in [-0.2, -0.15) is 70.2 Å². The van der Waals surface area contributed by atoms with Crippen molar-refractivity contribution in [3.63, 3.8) is 0 Å². The Morgan fingerprint density at radius 1 is 0.397 bits per heavy atom. The molecule has 388 valence electrons. The fourth-order valence-electron chi connectivity index (χ4n) is 4.36. The largest absolute Gasteiger partial charge is 0.462 e. The van der Waals surface area contributed by atoms with Gasteiger partial charge in [-0.3, -0.25) is 0 Å². The van der Waals surface area contributed by atoms with Crippen LogP contribution in [0.15, 0.2) is 74.9 Å². The SMILES string of the molecule is C=C(C)C(=O)OCC(F)(F)C(F)(F)C(F)(F)C(F)(F)COC(=O)C(=C)C.C=CC(=O)OCC(F)(F)C(F)(F)C(F)(F)C(F)(F)COC(=O)C=C.C=CC(=O)OCC1CCC(COC(=O)C=C)CC1. The quantitative estimate of drug-likeness (QED) is 0.0392. The summed E-state index contributed by atoms with van der Waals surface area (Å²) in [5.74, 6) is -56.5. The van der Waals surface area contributed by atoms with Crippen LogP contribution in [0.3, 0.4) is 0 Å². The van der Waals surface area contributed by atoms with Gasteiger partial charge in [-0.1, -0.05) is 39.5 Å². The Balaban J connectivity index is 0. The van der Waals surface area contributed by atoms with E-state index >= 15 is 0 Å². The van der Waals surface area contributed by atoms with E-state index in [-0.39, 0.29) is 24.1 Å². The van der Waals surface area contributed by atoms with E-state index in [1.807, 2.05) is 0 Å². The van der Waals surface area contributed by atoms with Crippen LogP contribution in [-0.4, -0.2) is 123 Å². The molecule has 1 saturated carbocycles. The minimum atomic E-state index is -6.66. The molecule has 1 aliphatic carbocycles. The zero-order chi connectivity index (χ0) is 53.9. The minimum absolute atomic E-state index is 0.260. The second-order valence-corrected chi connectivity index (χ2v) is 14.0. The Labute approximate surface area is 376 Å². The van der Waals surface area contributed by atoms with Crippen LogP contribution in [0.1, 0.15) is 39.5 Å². The molecule has 0 aromatic heterocycles. The van der Waals surface area contributed by atoms with E-state index in [1.54, 1.807) is 0 Å². The van der Waals surface area contributed by atoms with Gasteiger partial charge in [-0.25, -0.2) is 28.8 Å². The van der Waals surface area contributed by atoms with Crippen LogP contribution in [-0.2, 0) is 57.2 Å². The van der Waals surface area contributed by atoms with Gasteiger partial charge in [0.2, 0.25) is 0 Å². The Kier molecular flexibility index (Phi) is 24.6. The van der Waals surface area contributed by atoms with E-state index in [1.165, 1.54) is 12.2 Å². The number of carbonyl (C=O) groups is 6. The van der Waals surface area contributed by atoms with Crippen molar-refractivity contribution < 1.29 is 127 Å². The number of halogens is 16. The summed E-state index contributed by atoms with van der Waals surface area (Å²) in [5, 5.41) is 0. The third-order valence-corrected chi connectivity index (χ3v) is 8.44. The van der Waals surface area contributed by atoms with Gasteiger partial charge in [0, 0.05) is 35.5 Å². The first-order chi connectivity index (χ1) is 30.7. The van der Waals surface area contributed by atoms with Gasteiger partial charge < -0.3 is 28.4 Å². The summed E-state index contributed by atoms with van der Waals surface area (Å²) in [5.41, 5.74) is -1.04. The van der Waals surface area contributed by atoms with Crippen LogP contribution in [0, 0.1) is 11.8 Å². The fraction of sp³-hybridized carbons (Fsp3) is 0.550. The molecule has 0 heterocycles. The molecular weight excluding hydrogens is 976 g/mol. The molecule has 0 spiro atoms. The molecule has 0 atom stereocenters. The van der Waals surface area contributed by atoms with Crippen molar-refractivity contribution in [3.8, 4) is 0 Å². The van der Waals surface area contributed by atoms with Crippen molar-refractivity contribution in [2.24, 2.45) is 11.8 Å². The topological polar surface area (TPSA) is 158 Å². The molecule has 0 saturated heterocycles. The molecule has 12 nitrogen and oxygen atoms in total. The average Bonchev–Trinajstić information content (AvgIpc) is 3.26. The van der Waals surface area contributed by atoms with Gasteiger partial charge in [0.15, 0.2) is 26.4 Å². The van der Waals surface area contributed by atoms with Crippen molar-refractivity contribution in [2.75, 3.05) is 39.6 Å². The summed E-state index contributed by atoms with van der Waals surface area (Å²) < 4.78 is 238. The highest BCUT2D eigenvalue weighted by Crippen LogP contribution is 2.54. The zero-order valence-corrected chi connectivity index (χ0v) is 35.7. The van der Waals surface area contributed by atoms with E-state index in [9.17, 15) is 99.0 Å². The lowest BCUT2D eigenvalue weighted by molar-refractivity contribution is -0.374. The van der Waals surface area contributed by atoms with Crippen LogP contribution < -0.4 is 0 Å². The maximum Gasteiger partial charge on any atom is 0.381 e. The van der Waals surface area contributed by atoms with Crippen molar-refractivity contribution in [2.45, 2.75) is 86.9 Å². The Morgan fingerprint density at radius 2 is 0.588 bits per heavy atom. The Morgan fingerprint density at radius 3 is 0.779 bits per heavy atom. The number of hydrogen-bond donors (Lipinski definition) is 0. The maximum atomic E-state index is 13.5. The lowest BCUT2D eigenvalue weighted by Crippen LogP contribution is -2.64. The molecule has 0 bridgehead atoms. The zero-order valence-electron chi connectivity index (χ0n) is 35.7. The standard InChI is InChI=1S/C14H14F8O4.C14H20O4.C12H10F8O4/c1-7(2)9(23)25-5-11(15,16)13(19,20)14(21,22)12(17,18)6-26-10(24)8(3)4;1-3-13(15)17-9-11-5-7-12(8-6-11)10-18-14(16)4-2;1-3-7(21)23-5-9(13,14)11(17,18)12(19,20)10(15,16)6-24-8(22)4-2/h1,3,5-6H2,2,4H3;3-4,11-12H,1-2,5-10H2;3-4H,1-2,5-6H2. The first-order valence-electron chi connectivity index (χ1n) is 18.6. The third kappa shape index (κ3) is 18.0. The van der Waals surface area contributed by atoms with Gasteiger partial charge in [0.1, 0.15) is 0 Å². The van der Waals surface area contributed by atoms with Crippen molar-refractivity contribution in [1.29, 1.82) is 0 Å². The molecule has 0 aromatic carbocycles. The first-order valence-corrected chi connectivity index (χ1v) is 18.6. The second-order valence-electron chi connectivity index (χ2n) is 14.0. The number of hydrogen-bond acceptors (Lipinski definition) is 12. The molecule has 0 aromatic rings. The van der Waals surface area contributed by atoms with Gasteiger partial charge in [-0.15, -0.1) is 0 Å². The van der Waals surface area contributed by atoms with Crippen LogP contribution in [0.25, 0.3) is 0 Å². The monoisotopic (exact) mass is 1020 g/mol. The Hall–Kier alpha value is -5.86. The van der Waals surface area contributed by atoms with E-state index in [2.05, 4.69) is 58.4 Å². The number of ether oxygens (including phenoxy) is 6. The van der Waals surface area contributed by atoms with Gasteiger partial charge >= 0.3 is 83.2 Å². The normalized spacial score (nSPS) is 15.7. The lowest BCUT2D eigenvalue weighted by Gasteiger charge is -2.36. The first kappa shape index (κ1) is 64.2. The van der Waals surface area contributed by atoms with Crippen LogP contribution in [0.2, 0.25) is 0 Å². The highest BCUT2D eigenvalue weighted by molar-refractivity contribution is 5.87. The smallest absolute Gasteiger partial charge is 0.381 e. The molecule has 1 rings (SSSR count). The second kappa shape index (κ2) is 26.0. The molecule has 68 heavy (non-hydrogen) atoms. The lowest BCUT2D eigenvalue weighted by atomic mass is 9.83. The van der Waals surface area contributed by atoms with Crippen LogP contribution >= 0.6 is 0 Å². The van der Waals surface area contributed by atoms with Crippen molar-refractivity contribution in [3.05, 3.63) is 74.9 Å². The third-order valence-electron chi connectivity index (χ3n) is 8.44. The van der Waals surface area contributed by atoms with E-state index < -0.39 is 109 Å². The Bertz CT molecular complexity index is 1710. The molecular formula is C40H44F16O12. The van der Waals surface area contributed by atoms with Gasteiger partial charge in [0.05, 0.1) is 13.2 Å². The molecule has 28 heteroatoms. The number of alkyl halides is 16. The predicted molar refractivity (Wildman–Crippen MR) is 201 cm³/mol. The highest BCUT2D eigenvalue weighted by Gasteiger charge is 2.82. The van der Waals surface area contributed by atoms with Crippen molar-refractivity contribution in [1.82, 2.24) is 0 Å². The summed E-state index contributed by atoms with van der Waals surface area (Å²) in [6, 6.07) is 0. The van der Waals surface area contributed by atoms with Gasteiger partial charge in [0.25, 0.3) is 0 Å². The maximum absolute atomic E-state index is 13.5. The molecule has 1 aliphatic rings. The number of rotatable bonds is 24. The molecule has 0 unspecified atom stereocenters. The van der Waals surface area contributed by atoms with E-state index in [0.717, 1.165) is 39.5 Å². The van der Waals surface area contributed by atoms with E-state index in [4.69, 9.17) is 9.47 Å². The molecule has 0 radical (unpaired) electrons. The van der Waals surface area contributed by atoms with Crippen molar-refractivity contribution >= 4 is 35.8 Å². The van der Waals surface area contributed by atoms with Crippen LogP contribution in [0.4, 0.5) is 70.2 Å².